The molecule has 19 heavy (non-hydrogen) atoms. The Morgan fingerprint density at radius 2 is 2.11 bits per heavy atom. The molecule has 2 aliphatic carbocycles. The third-order valence-electron chi connectivity index (χ3n) is 5.21. The molecule has 1 aromatic carbocycles. The molecule has 1 N–H and O–H groups in total. The second-order valence-electron chi connectivity index (χ2n) is 6.43. The molecule has 0 heterocycles. The summed E-state index contributed by atoms with van der Waals surface area (Å²) in [6.07, 6.45) is 6.13. The van der Waals surface area contributed by atoms with Crippen LogP contribution in [-0.2, 0) is 4.79 Å². The van der Waals surface area contributed by atoms with Crippen LogP contribution in [0.3, 0.4) is 0 Å². The van der Waals surface area contributed by atoms with Gasteiger partial charge in [0.2, 0.25) is 5.91 Å². The predicted molar refractivity (Wildman–Crippen MR) is 78.1 cm³/mol. The van der Waals surface area contributed by atoms with Crippen molar-refractivity contribution in [3.8, 4) is 0 Å². The minimum Gasteiger partial charge on any atom is -0.326 e. The van der Waals surface area contributed by atoms with Crippen molar-refractivity contribution in [2.45, 2.75) is 46.0 Å². The minimum absolute atomic E-state index is 0.200. The maximum Gasteiger partial charge on any atom is 0.224 e. The predicted octanol–water partition coefficient (Wildman–Crippen LogP) is 4.07. The van der Waals surface area contributed by atoms with Crippen molar-refractivity contribution in [3.05, 3.63) is 29.3 Å². The molecule has 2 bridgehead atoms. The largest absolute Gasteiger partial charge is 0.326 e. The third kappa shape index (κ3) is 2.54. The molecule has 1 aromatic rings. The first-order valence-electron chi connectivity index (χ1n) is 7.49. The van der Waals surface area contributed by atoms with E-state index in [2.05, 4.69) is 25.2 Å². The van der Waals surface area contributed by atoms with Crippen molar-refractivity contribution in [2.24, 2.45) is 17.8 Å². The molecule has 0 saturated heterocycles. The molecule has 2 heteroatoms. The summed E-state index contributed by atoms with van der Waals surface area (Å²) in [6, 6.07) is 6.09. The molecule has 2 fully saturated rings. The highest BCUT2D eigenvalue weighted by Crippen LogP contribution is 2.49. The monoisotopic (exact) mass is 257 g/mol. The Morgan fingerprint density at radius 1 is 1.26 bits per heavy atom. The van der Waals surface area contributed by atoms with Crippen LogP contribution in [0, 0.1) is 31.6 Å². The van der Waals surface area contributed by atoms with E-state index in [0.29, 0.717) is 12.3 Å². The topological polar surface area (TPSA) is 29.1 Å². The van der Waals surface area contributed by atoms with Crippen LogP contribution >= 0.6 is 0 Å². The van der Waals surface area contributed by atoms with Gasteiger partial charge >= 0.3 is 0 Å². The molecule has 0 spiro atoms. The number of benzene rings is 1. The molecule has 2 aliphatic rings. The summed E-state index contributed by atoms with van der Waals surface area (Å²) in [4.78, 5) is 12.2. The smallest absolute Gasteiger partial charge is 0.224 e. The molecule has 0 aliphatic heterocycles. The van der Waals surface area contributed by atoms with Crippen LogP contribution in [0.5, 0.6) is 0 Å². The van der Waals surface area contributed by atoms with Crippen molar-refractivity contribution >= 4 is 11.6 Å². The molecular formula is C17H23NO. The van der Waals surface area contributed by atoms with Crippen molar-refractivity contribution in [1.29, 1.82) is 0 Å². The van der Waals surface area contributed by atoms with Gasteiger partial charge in [0.05, 0.1) is 0 Å². The zero-order valence-electron chi connectivity index (χ0n) is 11.9. The van der Waals surface area contributed by atoms with E-state index < -0.39 is 0 Å². The lowest BCUT2D eigenvalue weighted by molar-refractivity contribution is -0.117. The van der Waals surface area contributed by atoms with Crippen LogP contribution in [0.1, 0.15) is 43.2 Å². The fourth-order valence-corrected chi connectivity index (χ4v) is 3.95. The van der Waals surface area contributed by atoms with Gasteiger partial charge in [-0.1, -0.05) is 18.6 Å². The Kier molecular flexibility index (Phi) is 3.34. The number of anilines is 1. The summed E-state index contributed by atoms with van der Waals surface area (Å²) in [5.74, 6) is 2.59. The van der Waals surface area contributed by atoms with E-state index in [1.165, 1.54) is 36.8 Å². The lowest BCUT2D eigenvalue weighted by Gasteiger charge is -2.21. The van der Waals surface area contributed by atoms with Crippen molar-refractivity contribution in [3.63, 3.8) is 0 Å². The number of hydrogen-bond donors (Lipinski definition) is 1. The molecule has 1 amide bonds. The van der Waals surface area contributed by atoms with Crippen LogP contribution < -0.4 is 5.32 Å². The highest BCUT2D eigenvalue weighted by atomic mass is 16.1. The number of aryl methyl sites for hydroxylation is 1. The number of carbonyl (C=O) groups is 1. The highest BCUT2D eigenvalue weighted by molar-refractivity contribution is 5.91. The molecule has 0 aromatic heterocycles. The van der Waals surface area contributed by atoms with Gasteiger partial charge in [0.25, 0.3) is 0 Å². The summed E-state index contributed by atoms with van der Waals surface area (Å²) in [6.45, 7) is 4.16. The first kappa shape index (κ1) is 12.7. The van der Waals surface area contributed by atoms with Gasteiger partial charge in [0.1, 0.15) is 0 Å². The van der Waals surface area contributed by atoms with Crippen LogP contribution in [-0.4, -0.2) is 5.91 Å². The summed E-state index contributed by atoms with van der Waals surface area (Å²) >= 11 is 0. The second kappa shape index (κ2) is 4.99. The van der Waals surface area contributed by atoms with Gasteiger partial charge in [-0.25, -0.2) is 0 Å². The van der Waals surface area contributed by atoms with E-state index in [0.717, 1.165) is 17.5 Å². The van der Waals surface area contributed by atoms with Gasteiger partial charge < -0.3 is 5.32 Å². The Morgan fingerprint density at radius 3 is 2.79 bits per heavy atom. The maximum absolute atomic E-state index is 12.2. The maximum atomic E-state index is 12.2. The van der Waals surface area contributed by atoms with Crippen molar-refractivity contribution in [2.75, 3.05) is 5.32 Å². The van der Waals surface area contributed by atoms with Gasteiger partial charge in [-0.2, -0.15) is 0 Å². The van der Waals surface area contributed by atoms with Gasteiger partial charge in [0.15, 0.2) is 0 Å². The molecule has 3 atom stereocenters. The van der Waals surface area contributed by atoms with Crippen molar-refractivity contribution < 1.29 is 4.79 Å². The molecule has 2 nitrogen and oxygen atoms in total. The summed E-state index contributed by atoms with van der Waals surface area (Å²) in [5, 5.41) is 3.10. The molecule has 0 unspecified atom stereocenters. The molecular weight excluding hydrogens is 234 g/mol. The van der Waals surface area contributed by atoms with Crippen LogP contribution in [0.25, 0.3) is 0 Å². The van der Waals surface area contributed by atoms with Gasteiger partial charge in [-0.3, -0.25) is 4.79 Å². The third-order valence-corrected chi connectivity index (χ3v) is 5.21. The summed E-state index contributed by atoms with van der Waals surface area (Å²) < 4.78 is 0. The SMILES string of the molecule is Cc1cccc(NC(=O)C[C@@H]2C[C@@H]3CC[C@@H]2C3)c1C. The number of fused-ring (bicyclic) bond motifs is 2. The van der Waals surface area contributed by atoms with E-state index in [1.54, 1.807) is 0 Å². The minimum atomic E-state index is 0.200. The van der Waals surface area contributed by atoms with E-state index in [9.17, 15) is 4.79 Å². The van der Waals surface area contributed by atoms with Crippen LogP contribution in [0.2, 0.25) is 0 Å². The van der Waals surface area contributed by atoms with Crippen LogP contribution in [0.4, 0.5) is 5.69 Å². The van der Waals surface area contributed by atoms with E-state index >= 15 is 0 Å². The number of rotatable bonds is 3. The lowest BCUT2D eigenvalue weighted by atomic mass is 9.86. The zero-order chi connectivity index (χ0) is 13.4. The zero-order valence-corrected chi connectivity index (χ0v) is 11.9. The van der Waals surface area contributed by atoms with Gasteiger partial charge in [-0.05, 0) is 68.1 Å². The van der Waals surface area contributed by atoms with E-state index in [1.807, 2.05) is 12.1 Å². The fraction of sp³-hybridized carbons (Fsp3) is 0.588. The molecule has 0 radical (unpaired) electrons. The Labute approximate surface area is 115 Å². The first-order chi connectivity index (χ1) is 9.13. The van der Waals surface area contributed by atoms with E-state index in [-0.39, 0.29) is 5.91 Å². The normalized spacial score (nSPS) is 28.6. The number of amides is 1. The van der Waals surface area contributed by atoms with Gasteiger partial charge in [0, 0.05) is 12.1 Å². The number of nitrogens with one attached hydrogen (secondary N) is 1. The summed E-state index contributed by atoms with van der Waals surface area (Å²) in [7, 11) is 0. The first-order valence-corrected chi connectivity index (χ1v) is 7.49. The average Bonchev–Trinajstić information content (AvgIpc) is 2.97. The molecule has 2 saturated carbocycles. The highest BCUT2D eigenvalue weighted by Gasteiger charge is 2.40. The Bertz CT molecular complexity index is 494. The summed E-state index contributed by atoms with van der Waals surface area (Å²) in [5.41, 5.74) is 3.40. The Hall–Kier alpha value is -1.31. The van der Waals surface area contributed by atoms with Crippen LogP contribution in [0.15, 0.2) is 18.2 Å². The Balaban J connectivity index is 1.61. The second-order valence-corrected chi connectivity index (χ2v) is 6.43. The lowest BCUT2D eigenvalue weighted by Crippen LogP contribution is -2.20. The number of carbonyl (C=O) groups excluding carboxylic acids is 1. The quantitative estimate of drug-likeness (QED) is 0.869. The average molecular weight is 257 g/mol. The van der Waals surface area contributed by atoms with Crippen molar-refractivity contribution in [1.82, 2.24) is 0 Å². The molecule has 3 rings (SSSR count). The number of hydrogen-bond acceptors (Lipinski definition) is 1. The van der Waals surface area contributed by atoms with Gasteiger partial charge in [-0.15, -0.1) is 0 Å². The standard InChI is InChI=1S/C17H23NO/c1-11-4-3-5-16(12(11)2)18-17(19)10-15-9-13-6-7-14(15)8-13/h3-5,13-15H,6-10H2,1-2H3,(H,18,19)/t13-,14-,15+/m1/s1. The molecule has 102 valence electrons. The fourth-order valence-electron chi connectivity index (χ4n) is 3.95. The van der Waals surface area contributed by atoms with E-state index in [4.69, 9.17) is 0 Å².